The molecule has 1 unspecified atom stereocenters. The molecule has 0 radical (unpaired) electrons. The van der Waals surface area contributed by atoms with Crippen molar-refractivity contribution in [1.82, 2.24) is 14.3 Å². The summed E-state index contributed by atoms with van der Waals surface area (Å²) in [5, 5.41) is 23.0. The van der Waals surface area contributed by atoms with Gasteiger partial charge in [0.1, 0.15) is 11.9 Å². The van der Waals surface area contributed by atoms with Gasteiger partial charge in [0.05, 0.1) is 36.7 Å². The van der Waals surface area contributed by atoms with Crippen molar-refractivity contribution in [2.45, 2.75) is 13.2 Å². The van der Waals surface area contributed by atoms with Gasteiger partial charge in [-0.15, -0.1) is 0 Å². The van der Waals surface area contributed by atoms with Gasteiger partial charge in [0.25, 0.3) is 0 Å². The van der Waals surface area contributed by atoms with Gasteiger partial charge in [-0.2, -0.15) is 5.26 Å². The molecule has 5 rings (SSSR count). The Bertz CT molecular complexity index is 1420. The molecular weight excluding hydrogens is 442 g/mol. The highest BCUT2D eigenvalue weighted by Gasteiger charge is 2.23. The number of hydrogen-bond donors (Lipinski definition) is 2. The van der Waals surface area contributed by atoms with Crippen LogP contribution in [0.1, 0.15) is 24.3 Å². The maximum absolute atomic E-state index is 11.9. The van der Waals surface area contributed by atoms with Crippen LogP contribution >= 0.6 is 0 Å². The number of anilines is 1. The number of benzene rings is 2. The fourth-order valence-electron chi connectivity index (χ4n) is 4.36. The van der Waals surface area contributed by atoms with E-state index < -0.39 is 6.23 Å². The molecule has 0 bridgehead atoms. The Morgan fingerprint density at radius 3 is 2.51 bits per heavy atom. The van der Waals surface area contributed by atoms with Crippen LogP contribution in [-0.2, 0) is 9.53 Å². The van der Waals surface area contributed by atoms with Gasteiger partial charge in [-0.1, -0.05) is 24.3 Å². The summed E-state index contributed by atoms with van der Waals surface area (Å²) in [5.74, 6) is -0.203. The Labute approximate surface area is 203 Å². The molecule has 176 valence electrons. The fraction of sp³-hybridized carbons (Fsp3) is 0.222. The van der Waals surface area contributed by atoms with Crippen LogP contribution in [-0.4, -0.2) is 51.6 Å². The summed E-state index contributed by atoms with van der Waals surface area (Å²) in [6.45, 7) is 3.84. The number of aliphatic hydroxyl groups is 1. The number of aliphatic hydroxyl groups excluding tert-OH is 1. The lowest BCUT2D eigenvalue weighted by molar-refractivity contribution is -0.114. The second-order valence-corrected chi connectivity index (χ2v) is 8.48. The highest BCUT2D eigenvalue weighted by Crippen LogP contribution is 2.32. The molecule has 35 heavy (non-hydrogen) atoms. The minimum atomic E-state index is -0.839. The SMILES string of the molecule is CC(=O)Nc1cc(-c2ccc3ncc(-c4ccc(C#N)cc4)n3c2)ccc1C(O)N1CCOCC1. The molecule has 1 aliphatic heterocycles. The number of nitrogens with one attached hydrogen (secondary N) is 1. The number of rotatable bonds is 5. The number of fused-ring (bicyclic) bond motifs is 1. The number of imidazole rings is 1. The van der Waals surface area contributed by atoms with Crippen molar-refractivity contribution in [3.8, 4) is 28.5 Å². The normalized spacial score (nSPS) is 15.0. The summed E-state index contributed by atoms with van der Waals surface area (Å²) in [7, 11) is 0. The number of hydrogen-bond acceptors (Lipinski definition) is 6. The Morgan fingerprint density at radius 1 is 1.09 bits per heavy atom. The zero-order valence-corrected chi connectivity index (χ0v) is 19.3. The van der Waals surface area contributed by atoms with Gasteiger partial charge in [-0.05, 0) is 41.5 Å². The number of morpholine rings is 1. The topological polar surface area (TPSA) is 103 Å². The average molecular weight is 468 g/mol. The number of carbonyl (C=O) groups is 1. The first kappa shape index (κ1) is 22.7. The van der Waals surface area contributed by atoms with Crippen LogP contribution in [0.5, 0.6) is 0 Å². The Morgan fingerprint density at radius 2 is 1.80 bits per heavy atom. The largest absolute Gasteiger partial charge is 0.379 e. The van der Waals surface area contributed by atoms with Gasteiger partial charge in [-0.3, -0.25) is 14.1 Å². The summed E-state index contributed by atoms with van der Waals surface area (Å²) in [6, 6.07) is 19.2. The number of aromatic nitrogens is 2. The Kier molecular flexibility index (Phi) is 6.29. The molecule has 1 fully saturated rings. The second kappa shape index (κ2) is 9.68. The van der Waals surface area contributed by atoms with E-state index in [2.05, 4.69) is 16.4 Å². The minimum absolute atomic E-state index is 0.203. The van der Waals surface area contributed by atoms with E-state index in [0.29, 0.717) is 43.1 Å². The van der Waals surface area contributed by atoms with Crippen LogP contribution in [0.15, 0.2) is 67.0 Å². The van der Waals surface area contributed by atoms with Crippen molar-refractivity contribution in [2.75, 3.05) is 31.6 Å². The molecule has 0 spiro atoms. The van der Waals surface area contributed by atoms with E-state index in [4.69, 9.17) is 10.00 Å². The minimum Gasteiger partial charge on any atom is -0.379 e. The number of carbonyl (C=O) groups excluding carboxylic acids is 1. The lowest BCUT2D eigenvalue weighted by Gasteiger charge is -2.32. The van der Waals surface area contributed by atoms with Gasteiger partial charge in [0, 0.05) is 43.0 Å². The van der Waals surface area contributed by atoms with E-state index in [-0.39, 0.29) is 5.91 Å². The molecule has 0 saturated carbocycles. The summed E-state index contributed by atoms with van der Waals surface area (Å²) < 4.78 is 7.40. The lowest BCUT2D eigenvalue weighted by atomic mass is 10.0. The van der Waals surface area contributed by atoms with Crippen LogP contribution in [0.4, 0.5) is 5.69 Å². The number of nitrogens with zero attached hydrogens (tertiary/aromatic N) is 4. The number of ether oxygens (including phenoxy) is 1. The molecule has 2 aromatic heterocycles. The molecule has 3 heterocycles. The molecule has 2 N–H and O–H groups in total. The van der Waals surface area contributed by atoms with Gasteiger partial charge in [-0.25, -0.2) is 4.98 Å². The Hall–Kier alpha value is -4.03. The van der Waals surface area contributed by atoms with Crippen molar-refractivity contribution in [3.05, 3.63) is 78.1 Å². The van der Waals surface area contributed by atoms with Gasteiger partial charge < -0.3 is 15.2 Å². The third kappa shape index (κ3) is 4.66. The van der Waals surface area contributed by atoms with Crippen molar-refractivity contribution >= 4 is 17.2 Å². The number of pyridine rings is 1. The van der Waals surface area contributed by atoms with Crippen molar-refractivity contribution in [3.63, 3.8) is 0 Å². The molecule has 4 aromatic rings. The number of amides is 1. The van der Waals surface area contributed by atoms with E-state index in [9.17, 15) is 9.90 Å². The summed E-state index contributed by atoms with van der Waals surface area (Å²) in [6.07, 6.45) is 2.97. The maximum Gasteiger partial charge on any atom is 0.221 e. The van der Waals surface area contributed by atoms with Crippen LogP contribution in [0.25, 0.3) is 28.0 Å². The van der Waals surface area contributed by atoms with Gasteiger partial charge in [0.15, 0.2) is 0 Å². The zero-order valence-electron chi connectivity index (χ0n) is 19.3. The average Bonchev–Trinajstić information content (AvgIpc) is 3.32. The molecule has 8 nitrogen and oxygen atoms in total. The van der Waals surface area contributed by atoms with Gasteiger partial charge in [0.2, 0.25) is 5.91 Å². The van der Waals surface area contributed by atoms with Crippen molar-refractivity contribution in [2.24, 2.45) is 0 Å². The van der Waals surface area contributed by atoms with Crippen LogP contribution in [0.3, 0.4) is 0 Å². The smallest absolute Gasteiger partial charge is 0.221 e. The monoisotopic (exact) mass is 467 g/mol. The molecule has 1 saturated heterocycles. The second-order valence-electron chi connectivity index (χ2n) is 8.48. The summed E-state index contributed by atoms with van der Waals surface area (Å²) >= 11 is 0. The third-order valence-electron chi connectivity index (χ3n) is 6.18. The first-order chi connectivity index (χ1) is 17.0. The molecule has 1 amide bonds. The van der Waals surface area contributed by atoms with E-state index >= 15 is 0 Å². The van der Waals surface area contributed by atoms with Crippen LogP contribution < -0.4 is 5.32 Å². The van der Waals surface area contributed by atoms with E-state index in [1.54, 1.807) is 12.1 Å². The van der Waals surface area contributed by atoms with E-state index in [1.807, 2.05) is 64.2 Å². The molecule has 0 aliphatic carbocycles. The Balaban J connectivity index is 1.53. The summed E-state index contributed by atoms with van der Waals surface area (Å²) in [4.78, 5) is 18.4. The van der Waals surface area contributed by atoms with Gasteiger partial charge >= 0.3 is 0 Å². The standard InChI is InChI=1S/C27H25N5O3/c1-18(33)30-24-14-21(6-8-23(24)27(34)31-10-12-35-13-11-31)22-7-9-26-29-16-25(32(26)17-22)20-4-2-19(15-28)3-5-20/h2-9,14,16-17,27,34H,10-13H2,1H3,(H,30,33). The molecule has 2 aromatic carbocycles. The first-order valence-electron chi connectivity index (χ1n) is 11.4. The van der Waals surface area contributed by atoms with Crippen molar-refractivity contribution in [1.29, 1.82) is 5.26 Å². The fourth-order valence-corrected chi connectivity index (χ4v) is 4.36. The lowest BCUT2D eigenvalue weighted by Crippen LogP contribution is -2.39. The zero-order chi connectivity index (χ0) is 24.4. The molecule has 1 aliphatic rings. The molecule has 1 atom stereocenters. The predicted molar refractivity (Wildman–Crippen MR) is 132 cm³/mol. The van der Waals surface area contributed by atoms with E-state index in [0.717, 1.165) is 28.0 Å². The molecule has 8 heteroatoms. The first-order valence-corrected chi connectivity index (χ1v) is 11.4. The quantitative estimate of drug-likeness (QED) is 0.463. The third-order valence-corrected chi connectivity index (χ3v) is 6.18. The van der Waals surface area contributed by atoms with E-state index in [1.165, 1.54) is 6.92 Å². The maximum atomic E-state index is 11.9. The summed E-state index contributed by atoms with van der Waals surface area (Å²) in [5.41, 5.74) is 6.32. The predicted octanol–water partition coefficient (Wildman–Crippen LogP) is 3.82. The highest BCUT2D eigenvalue weighted by molar-refractivity contribution is 5.90. The van der Waals surface area contributed by atoms with Crippen LogP contribution in [0, 0.1) is 11.3 Å². The number of nitriles is 1. The van der Waals surface area contributed by atoms with Crippen molar-refractivity contribution < 1.29 is 14.6 Å². The van der Waals surface area contributed by atoms with Crippen LogP contribution in [0.2, 0.25) is 0 Å². The highest BCUT2D eigenvalue weighted by atomic mass is 16.5. The molecular formula is C27H25N5O3.